The van der Waals surface area contributed by atoms with Crippen LogP contribution in [0.1, 0.15) is 47.0 Å². The highest BCUT2D eigenvalue weighted by molar-refractivity contribution is 5.81. The van der Waals surface area contributed by atoms with Gasteiger partial charge >= 0.3 is 0 Å². The van der Waals surface area contributed by atoms with Crippen molar-refractivity contribution in [1.82, 2.24) is 5.32 Å². The van der Waals surface area contributed by atoms with Gasteiger partial charge in [-0.05, 0) is 24.2 Å². The quantitative estimate of drug-likeness (QED) is 0.602. The average Bonchev–Trinajstić information content (AvgIpc) is 2.31. The fourth-order valence-electron chi connectivity index (χ4n) is 1.60. The summed E-state index contributed by atoms with van der Waals surface area (Å²) in [6, 6.07) is -0.423. The summed E-state index contributed by atoms with van der Waals surface area (Å²) in [6.07, 6.45) is 2.56. The summed E-state index contributed by atoms with van der Waals surface area (Å²) in [6.45, 7) is 8.99. The second kappa shape index (κ2) is 7.67. The maximum atomic E-state index is 11.8. The van der Waals surface area contributed by atoms with E-state index in [0.717, 1.165) is 19.3 Å². The predicted molar refractivity (Wildman–Crippen MR) is 70.5 cm³/mol. The SMILES string of the molecule is CCC(C)[C@H](N)C(=O)NCC(C)(C)CCCO. The molecule has 0 aromatic rings. The van der Waals surface area contributed by atoms with Crippen LogP contribution in [0.2, 0.25) is 0 Å². The van der Waals surface area contributed by atoms with E-state index in [9.17, 15) is 4.79 Å². The van der Waals surface area contributed by atoms with Crippen LogP contribution < -0.4 is 11.1 Å². The minimum atomic E-state index is -0.423. The van der Waals surface area contributed by atoms with E-state index >= 15 is 0 Å². The van der Waals surface area contributed by atoms with Gasteiger partial charge in [-0.2, -0.15) is 0 Å². The lowest BCUT2D eigenvalue weighted by molar-refractivity contribution is -0.123. The van der Waals surface area contributed by atoms with Crippen LogP contribution in [0, 0.1) is 11.3 Å². The second-order valence-electron chi connectivity index (χ2n) is 5.62. The van der Waals surface area contributed by atoms with Gasteiger partial charge in [0.1, 0.15) is 0 Å². The fourth-order valence-corrected chi connectivity index (χ4v) is 1.60. The Bertz CT molecular complexity index is 229. The second-order valence-corrected chi connectivity index (χ2v) is 5.62. The van der Waals surface area contributed by atoms with E-state index in [1.807, 2.05) is 13.8 Å². The molecule has 0 aromatic heterocycles. The Morgan fingerprint density at radius 1 is 1.47 bits per heavy atom. The molecule has 0 spiro atoms. The molecule has 0 aliphatic carbocycles. The molecule has 0 aliphatic heterocycles. The van der Waals surface area contributed by atoms with Gasteiger partial charge in [-0.1, -0.05) is 34.1 Å². The van der Waals surface area contributed by atoms with E-state index in [1.54, 1.807) is 0 Å². The van der Waals surface area contributed by atoms with E-state index in [-0.39, 0.29) is 23.8 Å². The Kier molecular flexibility index (Phi) is 7.39. The molecule has 0 aliphatic rings. The summed E-state index contributed by atoms with van der Waals surface area (Å²) < 4.78 is 0. The van der Waals surface area contributed by atoms with Gasteiger partial charge in [0, 0.05) is 13.2 Å². The molecule has 0 radical (unpaired) electrons. The molecular weight excluding hydrogens is 216 g/mol. The largest absolute Gasteiger partial charge is 0.396 e. The van der Waals surface area contributed by atoms with Crippen LogP contribution in [0.3, 0.4) is 0 Å². The molecule has 1 unspecified atom stereocenters. The number of nitrogens with one attached hydrogen (secondary N) is 1. The first-order chi connectivity index (χ1) is 7.84. The fraction of sp³-hybridized carbons (Fsp3) is 0.923. The summed E-state index contributed by atoms with van der Waals surface area (Å²) in [5.74, 6) is 0.131. The normalized spacial score (nSPS) is 15.4. The zero-order chi connectivity index (χ0) is 13.5. The molecule has 4 N–H and O–H groups in total. The van der Waals surface area contributed by atoms with Gasteiger partial charge < -0.3 is 16.2 Å². The number of carbonyl (C=O) groups excluding carboxylic acids is 1. The van der Waals surface area contributed by atoms with E-state index in [2.05, 4.69) is 19.2 Å². The van der Waals surface area contributed by atoms with E-state index < -0.39 is 6.04 Å². The first kappa shape index (κ1) is 16.4. The minimum Gasteiger partial charge on any atom is -0.396 e. The highest BCUT2D eigenvalue weighted by atomic mass is 16.2. The Morgan fingerprint density at radius 3 is 2.53 bits per heavy atom. The summed E-state index contributed by atoms with van der Waals surface area (Å²) in [4.78, 5) is 11.8. The third kappa shape index (κ3) is 6.64. The molecule has 0 saturated carbocycles. The molecule has 4 heteroatoms. The highest BCUT2D eigenvalue weighted by Gasteiger charge is 2.23. The van der Waals surface area contributed by atoms with E-state index in [0.29, 0.717) is 6.54 Å². The molecule has 1 amide bonds. The van der Waals surface area contributed by atoms with Crippen molar-refractivity contribution >= 4 is 5.91 Å². The van der Waals surface area contributed by atoms with Gasteiger partial charge in [-0.25, -0.2) is 0 Å². The van der Waals surface area contributed by atoms with Crippen LogP contribution in [0.25, 0.3) is 0 Å². The topological polar surface area (TPSA) is 75.4 Å². The minimum absolute atomic E-state index is 0.00750. The molecule has 0 fully saturated rings. The van der Waals surface area contributed by atoms with Crippen molar-refractivity contribution in [1.29, 1.82) is 0 Å². The van der Waals surface area contributed by atoms with Crippen LogP contribution in [0.4, 0.5) is 0 Å². The van der Waals surface area contributed by atoms with Crippen LogP contribution >= 0.6 is 0 Å². The number of aliphatic hydroxyl groups excluding tert-OH is 1. The summed E-state index contributed by atoms with van der Waals surface area (Å²) in [5.41, 5.74) is 5.86. The predicted octanol–water partition coefficient (Wildman–Crippen LogP) is 1.27. The molecular formula is C13H28N2O2. The van der Waals surface area contributed by atoms with Gasteiger partial charge in [0.15, 0.2) is 0 Å². The van der Waals surface area contributed by atoms with Crippen molar-refractivity contribution < 1.29 is 9.90 Å². The molecule has 2 atom stereocenters. The lowest BCUT2D eigenvalue weighted by Crippen LogP contribution is -2.47. The zero-order valence-electron chi connectivity index (χ0n) is 11.6. The highest BCUT2D eigenvalue weighted by Crippen LogP contribution is 2.20. The van der Waals surface area contributed by atoms with Gasteiger partial charge in [0.25, 0.3) is 0 Å². The summed E-state index contributed by atoms with van der Waals surface area (Å²) in [5, 5.41) is 11.7. The van der Waals surface area contributed by atoms with Gasteiger partial charge in [-0.15, -0.1) is 0 Å². The molecule has 0 saturated heterocycles. The number of aliphatic hydroxyl groups is 1. The number of carbonyl (C=O) groups is 1. The van der Waals surface area contributed by atoms with E-state index in [1.165, 1.54) is 0 Å². The number of rotatable bonds is 8. The standard InChI is InChI=1S/C13H28N2O2/c1-5-10(2)11(14)12(17)15-9-13(3,4)7-6-8-16/h10-11,16H,5-9,14H2,1-4H3,(H,15,17)/t10?,11-/m0/s1. The van der Waals surface area contributed by atoms with Crippen molar-refractivity contribution in [3.05, 3.63) is 0 Å². The van der Waals surface area contributed by atoms with Crippen molar-refractivity contribution in [2.45, 2.75) is 53.0 Å². The Morgan fingerprint density at radius 2 is 2.06 bits per heavy atom. The third-order valence-electron chi connectivity index (χ3n) is 3.31. The first-order valence-corrected chi connectivity index (χ1v) is 6.48. The summed E-state index contributed by atoms with van der Waals surface area (Å²) >= 11 is 0. The molecule has 102 valence electrons. The number of nitrogens with two attached hydrogens (primary N) is 1. The van der Waals surface area contributed by atoms with Gasteiger partial charge in [-0.3, -0.25) is 4.79 Å². The smallest absolute Gasteiger partial charge is 0.237 e. The van der Waals surface area contributed by atoms with Crippen molar-refractivity contribution in [3.8, 4) is 0 Å². The molecule has 0 rings (SSSR count). The van der Waals surface area contributed by atoms with Crippen LogP contribution in [-0.4, -0.2) is 30.2 Å². The van der Waals surface area contributed by atoms with Gasteiger partial charge in [0.2, 0.25) is 5.91 Å². The molecule has 4 nitrogen and oxygen atoms in total. The maximum Gasteiger partial charge on any atom is 0.237 e. The molecule has 17 heavy (non-hydrogen) atoms. The monoisotopic (exact) mass is 244 g/mol. The number of hydrogen-bond acceptors (Lipinski definition) is 3. The lowest BCUT2D eigenvalue weighted by atomic mass is 9.87. The van der Waals surface area contributed by atoms with Gasteiger partial charge in [0.05, 0.1) is 6.04 Å². The van der Waals surface area contributed by atoms with Crippen LogP contribution in [0.15, 0.2) is 0 Å². The van der Waals surface area contributed by atoms with Crippen LogP contribution in [0.5, 0.6) is 0 Å². The zero-order valence-corrected chi connectivity index (χ0v) is 11.6. The van der Waals surface area contributed by atoms with Crippen LogP contribution in [-0.2, 0) is 4.79 Å². The van der Waals surface area contributed by atoms with Crippen molar-refractivity contribution in [2.24, 2.45) is 17.1 Å². The van der Waals surface area contributed by atoms with Crippen molar-refractivity contribution in [3.63, 3.8) is 0 Å². The number of amides is 1. The lowest BCUT2D eigenvalue weighted by Gasteiger charge is -2.26. The third-order valence-corrected chi connectivity index (χ3v) is 3.31. The van der Waals surface area contributed by atoms with E-state index in [4.69, 9.17) is 10.8 Å². The maximum absolute atomic E-state index is 11.8. The number of hydrogen-bond donors (Lipinski definition) is 3. The molecule has 0 heterocycles. The Labute approximate surface area is 105 Å². The summed E-state index contributed by atoms with van der Waals surface area (Å²) in [7, 11) is 0. The van der Waals surface area contributed by atoms with Crippen molar-refractivity contribution in [2.75, 3.05) is 13.2 Å². The molecule has 0 bridgehead atoms. The average molecular weight is 244 g/mol. The first-order valence-electron chi connectivity index (χ1n) is 6.48. The Hall–Kier alpha value is -0.610. The Balaban J connectivity index is 4.05. The molecule has 0 aromatic carbocycles.